The van der Waals surface area contributed by atoms with Gasteiger partial charge in [0.1, 0.15) is 5.54 Å². The number of carbonyl (C=O) groups is 1. The van der Waals surface area contributed by atoms with Crippen LogP contribution in [0.2, 0.25) is 6.32 Å². The molecule has 0 heterocycles. The molecule has 0 aromatic carbocycles. The minimum Gasteiger partial charge on any atom is -0.480 e. The average Bonchev–Trinajstić information content (AvgIpc) is 2.33. The molecule has 1 rings (SSSR count). The van der Waals surface area contributed by atoms with Crippen molar-refractivity contribution in [1.82, 2.24) is 5.32 Å². The maximum Gasteiger partial charge on any atom is 0.451 e. The predicted molar refractivity (Wildman–Crippen MR) is 82.8 cm³/mol. The van der Waals surface area contributed by atoms with Gasteiger partial charge in [0, 0.05) is 18.0 Å². The molecule has 1 fully saturated rings. The van der Waals surface area contributed by atoms with Gasteiger partial charge in [-0.1, -0.05) is 6.42 Å². The summed E-state index contributed by atoms with van der Waals surface area (Å²) < 4.78 is 0. The van der Waals surface area contributed by atoms with Crippen molar-refractivity contribution in [2.24, 2.45) is 17.6 Å². The Hall–Kier alpha value is -0.625. The van der Waals surface area contributed by atoms with Crippen LogP contribution < -0.4 is 11.1 Å². The number of nitrogens with one attached hydrogen (secondary N) is 1. The molecular weight excluding hydrogens is 271 g/mol. The van der Waals surface area contributed by atoms with Gasteiger partial charge < -0.3 is 26.2 Å². The van der Waals surface area contributed by atoms with Crippen LogP contribution in [0.3, 0.4) is 0 Å². The van der Waals surface area contributed by atoms with Crippen molar-refractivity contribution >= 4 is 13.1 Å². The number of hydrogen-bond donors (Lipinski definition) is 5. The molecule has 0 spiro atoms. The third kappa shape index (κ3) is 5.58. The van der Waals surface area contributed by atoms with Crippen molar-refractivity contribution in [3.63, 3.8) is 0 Å². The topological polar surface area (TPSA) is 116 Å². The molecule has 0 bridgehead atoms. The average molecular weight is 300 g/mol. The summed E-state index contributed by atoms with van der Waals surface area (Å²) in [5.41, 5.74) is 4.90. The maximum atomic E-state index is 11.6. The molecule has 7 heteroatoms. The van der Waals surface area contributed by atoms with E-state index in [9.17, 15) is 9.90 Å². The molecular formula is C14H29BN2O4. The molecule has 0 radical (unpaired) electrons. The lowest BCUT2D eigenvalue weighted by Gasteiger charge is -2.42. The first-order valence-electron chi connectivity index (χ1n) is 7.68. The van der Waals surface area contributed by atoms with Crippen LogP contribution in [0.4, 0.5) is 0 Å². The van der Waals surface area contributed by atoms with E-state index in [1.165, 1.54) is 0 Å². The molecule has 0 amide bonds. The highest BCUT2D eigenvalue weighted by Crippen LogP contribution is 2.38. The molecule has 6 nitrogen and oxygen atoms in total. The van der Waals surface area contributed by atoms with Gasteiger partial charge in [0.25, 0.3) is 0 Å². The van der Waals surface area contributed by atoms with Crippen molar-refractivity contribution in [2.45, 2.75) is 63.9 Å². The molecule has 122 valence electrons. The van der Waals surface area contributed by atoms with E-state index in [1.807, 2.05) is 20.8 Å². The molecule has 3 unspecified atom stereocenters. The van der Waals surface area contributed by atoms with Gasteiger partial charge in [-0.15, -0.1) is 0 Å². The standard InChI is InChI=1S/C14H29BN2O4/c1-13(2,3)17-9-11-5-4-10(6-7-15(20)21)8-14(11,16)12(18)19/h10-11,17,20-21H,4-9,16H2,1-3H3,(H,18,19). The first-order valence-corrected chi connectivity index (χ1v) is 7.68. The van der Waals surface area contributed by atoms with Gasteiger partial charge >= 0.3 is 13.1 Å². The van der Waals surface area contributed by atoms with E-state index in [-0.39, 0.29) is 23.7 Å². The third-order valence-corrected chi connectivity index (χ3v) is 4.39. The van der Waals surface area contributed by atoms with Gasteiger partial charge in [0.15, 0.2) is 0 Å². The Morgan fingerprint density at radius 3 is 2.48 bits per heavy atom. The summed E-state index contributed by atoms with van der Waals surface area (Å²) >= 11 is 0. The maximum absolute atomic E-state index is 11.6. The number of rotatable bonds is 6. The Kier molecular flexibility index (Phi) is 6.22. The highest BCUT2D eigenvalue weighted by molar-refractivity contribution is 6.40. The van der Waals surface area contributed by atoms with E-state index in [2.05, 4.69) is 5.32 Å². The zero-order valence-electron chi connectivity index (χ0n) is 13.3. The first-order chi connectivity index (χ1) is 9.54. The van der Waals surface area contributed by atoms with Gasteiger partial charge in [-0.05, 0) is 52.3 Å². The molecule has 1 aliphatic carbocycles. The smallest absolute Gasteiger partial charge is 0.451 e. The molecule has 1 aliphatic rings. The second-order valence-corrected chi connectivity index (χ2v) is 7.38. The summed E-state index contributed by atoms with van der Waals surface area (Å²) in [4.78, 5) is 11.6. The fourth-order valence-corrected chi connectivity index (χ4v) is 3.05. The summed E-state index contributed by atoms with van der Waals surface area (Å²) in [6.45, 7) is 6.71. The Bertz CT molecular complexity index is 359. The van der Waals surface area contributed by atoms with E-state index in [4.69, 9.17) is 15.8 Å². The van der Waals surface area contributed by atoms with Crippen LogP contribution in [0, 0.1) is 11.8 Å². The van der Waals surface area contributed by atoms with Gasteiger partial charge in [-0.25, -0.2) is 0 Å². The molecule has 3 atom stereocenters. The fraction of sp³-hybridized carbons (Fsp3) is 0.929. The summed E-state index contributed by atoms with van der Waals surface area (Å²) in [6, 6.07) is 0. The third-order valence-electron chi connectivity index (χ3n) is 4.39. The lowest BCUT2D eigenvalue weighted by atomic mass is 9.66. The van der Waals surface area contributed by atoms with Crippen LogP contribution in [-0.4, -0.2) is 45.9 Å². The minimum absolute atomic E-state index is 0.0722. The highest BCUT2D eigenvalue weighted by atomic mass is 16.4. The molecule has 21 heavy (non-hydrogen) atoms. The van der Waals surface area contributed by atoms with Crippen LogP contribution in [0.25, 0.3) is 0 Å². The highest BCUT2D eigenvalue weighted by Gasteiger charge is 2.46. The van der Waals surface area contributed by atoms with Crippen LogP contribution in [0.5, 0.6) is 0 Å². The summed E-state index contributed by atoms with van der Waals surface area (Å²) in [6.07, 6.45) is 2.90. The summed E-state index contributed by atoms with van der Waals surface area (Å²) in [5.74, 6) is -0.930. The zero-order chi connectivity index (χ0) is 16.3. The lowest BCUT2D eigenvalue weighted by molar-refractivity contribution is -0.148. The normalized spacial score (nSPS) is 30.2. The van der Waals surface area contributed by atoms with E-state index in [0.717, 1.165) is 12.8 Å². The van der Waals surface area contributed by atoms with E-state index in [1.54, 1.807) is 0 Å². The molecule has 6 N–H and O–H groups in total. The van der Waals surface area contributed by atoms with E-state index < -0.39 is 18.6 Å². The van der Waals surface area contributed by atoms with Gasteiger partial charge in [0.05, 0.1) is 0 Å². The predicted octanol–water partition coefficient (Wildman–Crippen LogP) is 0.436. The Labute approximate surface area is 127 Å². The van der Waals surface area contributed by atoms with Crippen LogP contribution >= 0.6 is 0 Å². The van der Waals surface area contributed by atoms with Crippen molar-refractivity contribution < 1.29 is 19.9 Å². The number of aliphatic carboxylic acids is 1. The molecule has 0 saturated heterocycles. The molecule has 1 saturated carbocycles. The summed E-state index contributed by atoms with van der Waals surface area (Å²) in [5, 5.41) is 30.8. The van der Waals surface area contributed by atoms with Crippen molar-refractivity contribution in [3.05, 3.63) is 0 Å². The van der Waals surface area contributed by atoms with Gasteiger partial charge in [-0.3, -0.25) is 4.79 Å². The van der Waals surface area contributed by atoms with Crippen molar-refractivity contribution in [3.8, 4) is 0 Å². The van der Waals surface area contributed by atoms with Crippen molar-refractivity contribution in [2.75, 3.05) is 6.54 Å². The fourth-order valence-electron chi connectivity index (χ4n) is 3.05. The van der Waals surface area contributed by atoms with Crippen LogP contribution in [0.1, 0.15) is 46.5 Å². The first kappa shape index (κ1) is 18.4. The SMILES string of the molecule is CC(C)(C)NCC1CCC(CCB(O)O)CC1(N)C(=O)O. The van der Waals surface area contributed by atoms with Crippen LogP contribution in [-0.2, 0) is 4.79 Å². The van der Waals surface area contributed by atoms with Crippen molar-refractivity contribution in [1.29, 1.82) is 0 Å². The number of carboxylic acids is 1. The largest absolute Gasteiger partial charge is 0.480 e. The summed E-state index contributed by atoms with van der Waals surface area (Å²) in [7, 11) is -1.33. The Balaban J connectivity index is 2.68. The quantitative estimate of drug-likeness (QED) is 0.454. The monoisotopic (exact) mass is 300 g/mol. The number of nitrogens with two attached hydrogens (primary N) is 1. The van der Waals surface area contributed by atoms with Gasteiger partial charge in [0.2, 0.25) is 0 Å². The Morgan fingerprint density at radius 2 is 2.00 bits per heavy atom. The van der Waals surface area contributed by atoms with Crippen LogP contribution in [0.15, 0.2) is 0 Å². The number of hydrogen-bond acceptors (Lipinski definition) is 5. The molecule has 0 aromatic heterocycles. The van der Waals surface area contributed by atoms with Gasteiger partial charge in [-0.2, -0.15) is 0 Å². The lowest BCUT2D eigenvalue weighted by Crippen LogP contribution is -2.60. The second kappa shape index (κ2) is 7.09. The van der Waals surface area contributed by atoms with E-state index in [0.29, 0.717) is 19.4 Å². The number of carboxylic acid groups (broad SMARTS) is 1. The second-order valence-electron chi connectivity index (χ2n) is 7.38. The molecule has 0 aliphatic heterocycles. The Morgan fingerprint density at radius 1 is 1.38 bits per heavy atom. The minimum atomic E-state index is -1.33. The molecule has 0 aromatic rings. The zero-order valence-corrected chi connectivity index (χ0v) is 13.3. The van der Waals surface area contributed by atoms with E-state index >= 15 is 0 Å².